The number of alkyl halides is 1. The summed E-state index contributed by atoms with van der Waals surface area (Å²) in [7, 11) is 3.09. The first-order valence-electron chi connectivity index (χ1n) is 6.63. The Labute approximate surface area is 129 Å². The number of ether oxygens (including phenoxy) is 2. The van der Waals surface area contributed by atoms with Crippen LogP contribution in [0, 0.1) is 5.92 Å². The van der Waals surface area contributed by atoms with Crippen molar-refractivity contribution in [2.45, 2.75) is 26.3 Å². The van der Waals surface area contributed by atoms with Crippen LogP contribution in [0.1, 0.15) is 30.6 Å². The number of halogens is 1. The summed E-state index contributed by atoms with van der Waals surface area (Å²) in [5, 5.41) is 3.91. The third-order valence-electron chi connectivity index (χ3n) is 3.19. The molecule has 5 heteroatoms. The third-order valence-corrected chi connectivity index (χ3v) is 3.65. The van der Waals surface area contributed by atoms with Crippen molar-refractivity contribution in [3.8, 4) is 11.5 Å². The zero-order valence-corrected chi connectivity index (χ0v) is 14.0. The molecule has 1 rings (SSSR count). The molecule has 1 aromatic carbocycles. The summed E-state index contributed by atoms with van der Waals surface area (Å²) in [6.45, 7) is 4.19. The van der Waals surface area contributed by atoms with E-state index in [0.717, 1.165) is 11.8 Å². The summed E-state index contributed by atoms with van der Waals surface area (Å²) in [4.78, 5) is 12.4. The van der Waals surface area contributed by atoms with Crippen molar-refractivity contribution in [1.29, 1.82) is 0 Å². The number of benzene rings is 1. The van der Waals surface area contributed by atoms with Gasteiger partial charge in [-0.15, -0.1) is 0 Å². The largest absolute Gasteiger partial charge is 0.493 e. The molecule has 0 saturated carbocycles. The standard InChI is InChI=1S/C15H22BrNO3/c1-10(2)12(8-9-16)17-15(18)11-6-5-7-13(19-3)14(11)20-4/h5-7,10,12H,8-9H2,1-4H3,(H,17,18). The number of amides is 1. The summed E-state index contributed by atoms with van der Waals surface area (Å²) >= 11 is 3.42. The molecule has 1 amide bonds. The SMILES string of the molecule is COc1cccc(C(=O)NC(CCBr)C(C)C)c1OC. The van der Waals surface area contributed by atoms with Crippen molar-refractivity contribution < 1.29 is 14.3 Å². The highest BCUT2D eigenvalue weighted by atomic mass is 79.9. The van der Waals surface area contributed by atoms with Gasteiger partial charge in [0.25, 0.3) is 5.91 Å². The van der Waals surface area contributed by atoms with Gasteiger partial charge >= 0.3 is 0 Å². The van der Waals surface area contributed by atoms with E-state index in [0.29, 0.717) is 23.0 Å². The third kappa shape index (κ3) is 4.13. The highest BCUT2D eigenvalue weighted by Crippen LogP contribution is 2.30. The number of methoxy groups -OCH3 is 2. The molecule has 0 aliphatic carbocycles. The fraction of sp³-hybridized carbons (Fsp3) is 0.533. The Morgan fingerprint density at radius 3 is 2.50 bits per heavy atom. The van der Waals surface area contributed by atoms with Gasteiger partial charge in [-0.2, -0.15) is 0 Å². The Bertz CT molecular complexity index is 449. The van der Waals surface area contributed by atoms with Crippen molar-refractivity contribution in [2.24, 2.45) is 5.92 Å². The van der Waals surface area contributed by atoms with Crippen LogP contribution < -0.4 is 14.8 Å². The van der Waals surface area contributed by atoms with E-state index >= 15 is 0 Å². The van der Waals surface area contributed by atoms with E-state index in [1.807, 2.05) is 0 Å². The molecule has 0 aliphatic heterocycles. The van der Waals surface area contributed by atoms with Gasteiger partial charge in [0.05, 0.1) is 19.8 Å². The van der Waals surface area contributed by atoms with Crippen molar-refractivity contribution in [1.82, 2.24) is 5.32 Å². The number of rotatable bonds is 7. The summed E-state index contributed by atoms with van der Waals surface area (Å²) in [6.07, 6.45) is 0.885. The maximum atomic E-state index is 12.4. The number of para-hydroxylation sites is 1. The Balaban J connectivity index is 2.97. The van der Waals surface area contributed by atoms with Crippen LogP contribution in [-0.4, -0.2) is 31.5 Å². The van der Waals surface area contributed by atoms with Gasteiger partial charge in [0, 0.05) is 11.4 Å². The Kier molecular flexibility index (Phi) is 6.85. The van der Waals surface area contributed by atoms with E-state index in [9.17, 15) is 4.79 Å². The molecule has 4 nitrogen and oxygen atoms in total. The van der Waals surface area contributed by atoms with Crippen molar-refractivity contribution >= 4 is 21.8 Å². The Morgan fingerprint density at radius 2 is 2.00 bits per heavy atom. The van der Waals surface area contributed by atoms with Crippen LogP contribution in [0.15, 0.2) is 18.2 Å². The van der Waals surface area contributed by atoms with Crippen LogP contribution in [0.5, 0.6) is 11.5 Å². The van der Waals surface area contributed by atoms with E-state index < -0.39 is 0 Å². The molecule has 0 aromatic heterocycles. The monoisotopic (exact) mass is 343 g/mol. The summed E-state index contributed by atoms with van der Waals surface area (Å²) in [5.74, 6) is 1.25. The number of hydrogen-bond donors (Lipinski definition) is 1. The minimum atomic E-state index is -0.139. The molecule has 1 atom stereocenters. The second-order valence-electron chi connectivity index (χ2n) is 4.84. The van der Waals surface area contributed by atoms with E-state index in [2.05, 4.69) is 35.1 Å². The number of carbonyl (C=O) groups excluding carboxylic acids is 1. The van der Waals surface area contributed by atoms with Gasteiger partial charge in [-0.3, -0.25) is 4.79 Å². The lowest BCUT2D eigenvalue weighted by Gasteiger charge is -2.22. The lowest BCUT2D eigenvalue weighted by molar-refractivity contribution is 0.0921. The number of hydrogen-bond acceptors (Lipinski definition) is 3. The van der Waals surface area contributed by atoms with E-state index in [1.165, 1.54) is 7.11 Å². The minimum Gasteiger partial charge on any atom is -0.493 e. The van der Waals surface area contributed by atoms with Crippen LogP contribution >= 0.6 is 15.9 Å². The number of carbonyl (C=O) groups is 1. The second kappa shape index (κ2) is 8.15. The van der Waals surface area contributed by atoms with E-state index in [-0.39, 0.29) is 11.9 Å². The first-order chi connectivity index (χ1) is 9.54. The molecule has 1 N–H and O–H groups in total. The van der Waals surface area contributed by atoms with E-state index in [4.69, 9.17) is 9.47 Å². The molecule has 112 valence electrons. The molecular formula is C15H22BrNO3. The predicted molar refractivity (Wildman–Crippen MR) is 84.0 cm³/mol. The zero-order valence-electron chi connectivity index (χ0n) is 12.4. The van der Waals surface area contributed by atoms with Crippen LogP contribution in [-0.2, 0) is 0 Å². The van der Waals surface area contributed by atoms with Gasteiger partial charge < -0.3 is 14.8 Å². The molecule has 1 unspecified atom stereocenters. The summed E-state index contributed by atoms with van der Waals surface area (Å²) in [6, 6.07) is 5.42. The normalized spacial score (nSPS) is 12.1. The van der Waals surface area contributed by atoms with E-state index in [1.54, 1.807) is 25.3 Å². The molecule has 0 spiro atoms. The van der Waals surface area contributed by atoms with Crippen molar-refractivity contribution in [3.05, 3.63) is 23.8 Å². The van der Waals surface area contributed by atoms with Gasteiger partial charge in [0.1, 0.15) is 0 Å². The maximum absolute atomic E-state index is 12.4. The van der Waals surface area contributed by atoms with Crippen LogP contribution in [0.2, 0.25) is 0 Å². The minimum absolute atomic E-state index is 0.123. The lowest BCUT2D eigenvalue weighted by atomic mass is 10.0. The van der Waals surface area contributed by atoms with Crippen LogP contribution in [0.4, 0.5) is 0 Å². The molecule has 0 heterocycles. The fourth-order valence-electron chi connectivity index (χ4n) is 2.00. The molecule has 0 fully saturated rings. The quantitative estimate of drug-likeness (QED) is 0.773. The first kappa shape index (κ1) is 16.8. The molecule has 0 aliphatic rings. The average Bonchev–Trinajstić information content (AvgIpc) is 2.45. The average molecular weight is 344 g/mol. The van der Waals surface area contributed by atoms with Crippen molar-refractivity contribution in [2.75, 3.05) is 19.5 Å². The molecule has 0 bridgehead atoms. The maximum Gasteiger partial charge on any atom is 0.255 e. The molecular weight excluding hydrogens is 322 g/mol. The molecule has 1 aromatic rings. The Morgan fingerprint density at radius 1 is 1.30 bits per heavy atom. The van der Waals surface area contributed by atoms with Gasteiger partial charge in [-0.1, -0.05) is 35.8 Å². The lowest BCUT2D eigenvalue weighted by Crippen LogP contribution is -2.39. The highest BCUT2D eigenvalue weighted by Gasteiger charge is 2.20. The topological polar surface area (TPSA) is 47.6 Å². The molecule has 0 saturated heterocycles. The van der Waals surface area contributed by atoms with Crippen LogP contribution in [0.25, 0.3) is 0 Å². The zero-order chi connectivity index (χ0) is 15.1. The molecule has 20 heavy (non-hydrogen) atoms. The van der Waals surface area contributed by atoms with Gasteiger partial charge in [0.15, 0.2) is 11.5 Å². The van der Waals surface area contributed by atoms with Gasteiger partial charge in [-0.25, -0.2) is 0 Å². The van der Waals surface area contributed by atoms with Crippen LogP contribution in [0.3, 0.4) is 0 Å². The highest BCUT2D eigenvalue weighted by molar-refractivity contribution is 9.09. The predicted octanol–water partition coefficient (Wildman–Crippen LogP) is 3.24. The summed E-state index contributed by atoms with van der Waals surface area (Å²) < 4.78 is 10.5. The first-order valence-corrected chi connectivity index (χ1v) is 7.75. The smallest absolute Gasteiger partial charge is 0.255 e. The summed E-state index contributed by atoms with van der Waals surface area (Å²) in [5.41, 5.74) is 0.493. The fourth-order valence-corrected chi connectivity index (χ4v) is 2.50. The molecule has 0 radical (unpaired) electrons. The van der Waals surface area contributed by atoms with Crippen molar-refractivity contribution in [3.63, 3.8) is 0 Å². The Hall–Kier alpha value is -1.23. The van der Waals surface area contributed by atoms with Gasteiger partial charge in [0.2, 0.25) is 0 Å². The van der Waals surface area contributed by atoms with Gasteiger partial charge in [-0.05, 0) is 24.5 Å². The second-order valence-corrected chi connectivity index (χ2v) is 5.64. The number of nitrogens with one attached hydrogen (secondary N) is 1.